The first kappa shape index (κ1) is 13.8. The maximum absolute atomic E-state index is 8.86. The van der Waals surface area contributed by atoms with Crippen LogP contribution in [-0.4, -0.2) is 55.0 Å². The molecule has 0 spiro atoms. The van der Waals surface area contributed by atoms with Gasteiger partial charge in [-0.3, -0.25) is 0 Å². The highest BCUT2D eigenvalue weighted by molar-refractivity contribution is 4.83. The summed E-state index contributed by atoms with van der Waals surface area (Å²) in [4.78, 5) is 0. The molecule has 86 valence electrons. The molecule has 0 aliphatic heterocycles. The van der Waals surface area contributed by atoms with E-state index in [4.69, 9.17) is 31.2 Å². The molecule has 0 aromatic heterocycles. The van der Waals surface area contributed by atoms with Crippen LogP contribution in [0.25, 0.3) is 0 Å². The Morgan fingerprint density at radius 3 is 2.43 bits per heavy atom. The van der Waals surface area contributed by atoms with Crippen LogP contribution in [0.5, 0.6) is 0 Å². The van der Waals surface area contributed by atoms with Crippen LogP contribution in [0.4, 0.5) is 0 Å². The summed E-state index contributed by atoms with van der Waals surface area (Å²) in [6, 6.07) is 0. The zero-order chi connectivity index (χ0) is 11.0. The van der Waals surface area contributed by atoms with E-state index in [2.05, 4.69) is 0 Å². The summed E-state index contributed by atoms with van der Waals surface area (Å²) in [5, 5.41) is 17.3. The molecule has 0 aliphatic carbocycles. The van der Waals surface area contributed by atoms with Crippen molar-refractivity contribution in [2.75, 3.05) is 33.0 Å². The molecule has 0 rings (SSSR count). The Morgan fingerprint density at radius 1 is 1.29 bits per heavy atom. The largest absolute Gasteiger partial charge is 0.394 e. The van der Waals surface area contributed by atoms with Gasteiger partial charge in [-0.1, -0.05) is 0 Å². The molecule has 0 saturated heterocycles. The van der Waals surface area contributed by atoms with E-state index in [1.165, 1.54) is 0 Å². The lowest BCUT2D eigenvalue weighted by atomic mass is 10.0. The van der Waals surface area contributed by atoms with Crippen molar-refractivity contribution in [1.29, 1.82) is 0 Å². The Bertz CT molecular complexity index is 143. The summed E-state index contributed by atoms with van der Waals surface area (Å²) in [6.45, 7) is 2.25. The Balaban J connectivity index is 3.48. The van der Waals surface area contributed by atoms with Crippen LogP contribution < -0.4 is 11.5 Å². The van der Waals surface area contributed by atoms with Crippen LogP contribution in [0.3, 0.4) is 0 Å². The van der Waals surface area contributed by atoms with Gasteiger partial charge in [0.25, 0.3) is 0 Å². The number of aliphatic hydroxyl groups excluding tert-OH is 2. The molecule has 0 fully saturated rings. The van der Waals surface area contributed by atoms with Crippen molar-refractivity contribution < 1.29 is 19.7 Å². The van der Waals surface area contributed by atoms with Gasteiger partial charge < -0.3 is 31.2 Å². The van der Waals surface area contributed by atoms with Gasteiger partial charge >= 0.3 is 0 Å². The number of nitrogens with two attached hydrogens (primary N) is 2. The summed E-state index contributed by atoms with van der Waals surface area (Å²) in [6.07, 6.45) is -0.731. The van der Waals surface area contributed by atoms with Crippen LogP contribution >= 0.6 is 0 Å². The van der Waals surface area contributed by atoms with Gasteiger partial charge in [0, 0.05) is 0 Å². The monoisotopic (exact) mass is 208 g/mol. The Labute approximate surface area is 83.8 Å². The van der Waals surface area contributed by atoms with Gasteiger partial charge in [-0.15, -0.1) is 0 Å². The molecular weight excluding hydrogens is 188 g/mol. The number of hydrogen-bond donors (Lipinski definition) is 4. The molecule has 0 saturated carbocycles. The van der Waals surface area contributed by atoms with Crippen LogP contribution in [-0.2, 0) is 9.47 Å². The van der Waals surface area contributed by atoms with E-state index < -0.39 is 11.8 Å². The molecule has 2 atom stereocenters. The summed E-state index contributed by atoms with van der Waals surface area (Å²) >= 11 is 0. The van der Waals surface area contributed by atoms with Gasteiger partial charge in [0.15, 0.2) is 0 Å². The lowest BCUT2D eigenvalue weighted by Crippen LogP contribution is -2.57. The van der Waals surface area contributed by atoms with Crippen molar-refractivity contribution in [2.45, 2.75) is 18.7 Å². The zero-order valence-electron chi connectivity index (χ0n) is 8.48. The second kappa shape index (κ2) is 7.10. The molecule has 2 unspecified atom stereocenters. The average molecular weight is 208 g/mol. The Morgan fingerprint density at radius 2 is 1.93 bits per heavy atom. The molecule has 0 radical (unpaired) electrons. The highest BCUT2D eigenvalue weighted by Gasteiger charge is 2.26. The van der Waals surface area contributed by atoms with Gasteiger partial charge in [0.2, 0.25) is 0 Å². The number of rotatable bonds is 8. The SMILES string of the molecule is CC(N)(CO)C(N)OCCOCCO. The molecular formula is C8H20N2O4. The third-order valence-electron chi connectivity index (χ3n) is 1.75. The predicted molar refractivity (Wildman–Crippen MR) is 51.5 cm³/mol. The maximum atomic E-state index is 8.86. The molecule has 0 aromatic carbocycles. The van der Waals surface area contributed by atoms with Crippen molar-refractivity contribution in [1.82, 2.24) is 0 Å². The van der Waals surface area contributed by atoms with Crippen molar-refractivity contribution in [3.05, 3.63) is 0 Å². The van der Waals surface area contributed by atoms with Gasteiger partial charge in [-0.05, 0) is 6.92 Å². The zero-order valence-corrected chi connectivity index (χ0v) is 8.48. The van der Waals surface area contributed by atoms with E-state index in [0.29, 0.717) is 6.61 Å². The first-order valence-corrected chi connectivity index (χ1v) is 4.50. The molecule has 6 N–H and O–H groups in total. The molecule has 6 heteroatoms. The number of ether oxygens (including phenoxy) is 2. The molecule has 0 amide bonds. The molecule has 0 aliphatic rings. The molecule has 6 nitrogen and oxygen atoms in total. The van der Waals surface area contributed by atoms with Gasteiger partial charge in [-0.25, -0.2) is 0 Å². The molecule has 14 heavy (non-hydrogen) atoms. The lowest BCUT2D eigenvalue weighted by molar-refractivity contribution is -0.0393. The fourth-order valence-corrected chi connectivity index (χ4v) is 0.681. The van der Waals surface area contributed by atoms with Gasteiger partial charge in [-0.2, -0.15) is 0 Å². The number of aliphatic hydroxyl groups is 2. The fraction of sp³-hybridized carbons (Fsp3) is 1.00. The highest BCUT2D eigenvalue weighted by atomic mass is 16.5. The van der Waals surface area contributed by atoms with E-state index >= 15 is 0 Å². The Kier molecular flexibility index (Phi) is 6.98. The van der Waals surface area contributed by atoms with Crippen molar-refractivity contribution in [3.63, 3.8) is 0 Å². The summed E-state index contributed by atoms with van der Waals surface area (Å²) in [5.41, 5.74) is 10.2. The highest BCUT2D eigenvalue weighted by Crippen LogP contribution is 2.03. The second-order valence-corrected chi connectivity index (χ2v) is 3.29. The summed E-state index contributed by atoms with van der Waals surface area (Å²) < 4.78 is 10.1. The van der Waals surface area contributed by atoms with Crippen molar-refractivity contribution in [3.8, 4) is 0 Å². The van der Waals surface area contributed by atoms with E-state index in [9.17, 15) is 0 Å². The van der Waals surface area contributed by atoms with Crippen LogP contribution in [0.15, 0.2) is 0 Å². The molecule has 0 heterocycles. The van der Waals surface area contributed by atoms with Gasteiger partial charge in [0.1, 0.15) is 6.23 Å². The quantitative estimate of drug-likeness (QED) is 0.271. The van der Waals surface area contributed by atoms with Gasteiger partial charge in [0.05, 0.1) is 38.6 Å². The second-order valence-electron chi connectivity index (χ2n) is 3.29. The summed E-state index contributed by atoms with van der Waals surface area (Å²) in [5.74, 6) is 0. The summed E-state index contributed by atoms with van der Waals surface area (Å²) in [7, 11) is 0. The predicted octanol–water partition coefficient (Wildman–Crippen LogP) is -1.99. The first-order chi connectivity index (χ1) is 6.54. The maximum Gasteiger partial charge on any atom is 0.125 e. The fourth-order valence-electron chi connectivity index (χ4n) is 0.681. The minimum Gasteiger partial charge on any atom is -0.394 e. The van der Waals surface area contributed by atoms with Crippen LogP contribution in [0.2, 0.25) is 0 Å². The third-order valence-corrected chi connectivity index (χ3v) is 1.75. The minimum absolute atomic E-state index is 0.0166. The minimum atomic E-state index is -0.947. The number of hydrogen-bond acceptors (Lipinski definition) is 6. The standard InChI is InChI=1S/C8H20N2O4/c1-8(10,6-12)7(9)14-5-4-13-3-2-11/h7,11-12H,2-6,9-10H2,1H3. The smallest absolute Gasteiger partial charge is 0.125 e. The Hall–Kier alpha value is -0.240. The average Bonchev–Trinajstić information content (AvgIpc) is 2.17. The van der Waals surface area contributed by atoms with Crippen molar-refractivity contribution in [2.24, 2.45) is 11.5 Å². The topological polar surface area (TPSA) is 111 Å². The van der Waals surface area contributed by atoms with Crippen molar-refractivity contribution >= 4 is 0 Å². The van der Waals surface area contributed by atoms with E-state index in [-0.39, 0.29) is 26.4 Å². The van der Waals surface area contributed by atoms with Crippen LogP contribution in [0, 0.1) is 0 Å². The van der Waals surface area contributed by atoms with E-state index in [1.807, 2.05) is 0 Å². The van der Waals surface area contributed by atoms with E-state index in [1.54, 1.807) is 6.92 Å². The first-order valence-electron chi connectivity index (χ1n) is 4.50. The molecule has 0 aromatic rings. The van der Waals surface area contributed by atoms with Crippen LogP contribution in [0.1, 0.15) is 6.92 Å². The normalized spacial score (nSPS) is 17.8. The lowest BCUT2D eigenvalue weighted by Gasteiger charge is -2.28. The molecule has 0 bridgehead atoms. The van der Waals surface area contributed by atoms with E-state index in [0.717, 1.165) is 0 Å². The third kappa shape index (κ3) is 5.48.